The quantitative estimate of drug-likeness (QED) is 0.707. The first-order chi connectivity index (χ1) is 13.1. The molecule has 2 heterocycles. The van der Waals surface area contributed by atoms with Gasteiger partial charge in [0.05, 0.1) is 22.5 Å². The monoisotopic (exact) mass is 381 g/mol. The predicted molar refractivity (Wildman–Crippen MR) is 104 cm³/mol. The smallest absolute Gasteiger partial charge is 0.255 e. The van der Waals surface area contributed by atoms with E-state index in [1.807, 2.05) is 17.0 Å². The lowest BCUT2D eigenvalue weighted by Crippen LogP contribution is -2.36. The lowest BCUT2D eigenvalue weighted by atomic mass is 9.99. The average Bonchev–Trinajstić information content (AvgIpc) is 2.70. The van der Waals surface area contributed by atoms with Gasteiger partial charge in [-0.05, 0) is 41.8 Å². The maximum atomic E-state index is 13.3. The Hall–Kier alpha value is -2.92. The summed E-state index contributed by atoms with van der Waals surface area (Å²) in [7, 11) is 0. The van der Waals surface area contributed by atoms with Crippen molar-refractivity contribution >= 4 is 28.9 Å². The molecule has 0 radical (unpaired) electrons. The van der Waals surface area contributed by atoms with E-state index in [4.69, 9.17) is 11.6 Å². The molecule has 27 heavy (non-hydrogen) atoms. The fourth-order valence-corrected chi connectivity index (χ4v) is 3.40. The van der Waals surface area contributed by atoms with Gasteiger partial charge in [-0.3, -0.25) is 9.78 Å². The molecular formula is C21H17ClFN3O. The minimum absolute atomic E-state index is 0.0344. The molecule has 3 aromatic rings. The van der Waals surface area contributed by atoms with E-state index in [-0.39, 0.29) is 10.9 Å². The van der Waals surface area contributed by atoms with Crippen molar-refractivity contribution in [1.29, 1.82) is 0 Å². The van der Waals surface area contributed by atoms with Gasteiger partial charge in [0, 0.05) is 25.0 Å². The van der Waals surface area contributed by atoms with Crippen molar-refractivity contribution in [3.63, 3.8) is 0 Å². The van der Waals surface area contributed by atoms with Gasteiger partial charge in [0.1, 0.15) is 5.82 Å². The minimum Gasteiger partial charge on any atom is -0.354 e. The fourth-order valence-electron chi connectivity index (χ4n) is 3.22. The van der Waals surface area contributed by atoms with Crippen molar-refractivity contribution in [2.75, 3.05) is 11.9 Å². The number of nitrogens with one attached hydrogen (secondary N) is 1. The molecule has 1 aliphatic heterocycles. The number of pyridine rings is 1. The number of hydrogen-bond donors (Lipinski definition) is 1. The zero-order valence-electron chi connectivity index (χ0n) is 14.5. The molecule has 1 amide bonds. The first-order valence-electron chi connectivity index (χ1n) is 8.63. The molecule has 0 spiro atoms. The predicted octanol–water partition coefficient (Wildman–Crippen LogP) is 4.82. The third kappa shape index (κ3) is 3.78. The lowest BCUT2D eigenvalue weighted by molar-refractivity contribution is 0.0734. The number of anilines is 2. The van der Waals surface area contributed by atoms with E-state index in [0.717, 1.165) is 6.42 Å². The maximum absolute atomic E-state index is 13.3. The molecule has 2 aromatic carbocycles. The molecular weight excluding hydrogens is 365 g/mol. The summed E-state index contributed by atoms with van der Waals surface area (Å²) in [5.74, 6) is -0.535. The molecule has 1 N–H and O–H groups in total. The normalized spacial score (nSPS) is 13.2. The van der Waals surface area contributed by atoms with Crippen molar-refractivity contribution in [2.45, 2.75) is 13.0 Å². The number of aromatic nitrogens is 1. The molecule has 0 atom stereocenters. The average molecular weight is 382 g/mol. The number of amides is 1. The first-order valence-corrected chi connectivity index (χ1v) is 9.01. The van der Waals surface area contributed by atoms with Gasteiger partial charge >= 0.3 is 0 Å². The van der Waals surface area contributed by atoms with Crippen molar-refractivity contribution in [1.82, 2.24) is 9.88 Å². The van der Waals surface area contributed by atoms with Crippen molar-refractivity contribution in [2.24, 2.45) is 0 Å². The van der Waals surface area contributed by atoms with E-state index in [2.05, 4.69) is 22.4 Å². The van der Waals surface area contributed by atoms with Crippen molar-refractivity contribution < 1.29 is 9.18 Å². The summed E-state index contributed by atoms with van der Waals surface area (Å²) in [5, 5.41) is 3.14. The Balaban J connectivity index is 1.52. The second-order valence-electron chi connectivity index (χ2n) is 6.46. The van der Waals surface area contributed by atoms with Gasteiger partial charge in [-0.25, -0.2) is 4.39 Å². The Labute approximate surface area is 161 Å². The van der Waals surface area contributed by atoms with Crippen LogP contribution in [0.4, 0.5) is 15.8 Å². The zero-order chi connectivity index (χ0) is 18.8. The van der Waals surface area contributed by atoms with Gasteiger partial charge in [-0.1, -0.05) is 35.9 Å². The summed E-state index contributed by atoms with van der Waals surface area (Å²) in [6.07, 6.45) is 4.02. The molecule has 136 valence electrons. The zero-order valence-corrected chi connectivity index (χ0v) is 15.2. The number of nitrogens with zero attached hydrogens (tertiary/aromatic N) is 2. The number of carbonyl (C=O) groups is 1. The molecule has 0 fully saturated rings. The summed E-state index contributed by atoms with van der Waals surface area (Å²) < 4.78 is 13.3. The SMILES string of the molecule is O=C(c1cncc(Nc2ccc(F)c(Cl)c2)c1)N1CCc2ccccc2C1. The van der Waals surface area contributed by atoms with E-state index in [1.54, 1.807) is 24.5 Å². The van der Waals surface area contributed by atoms with Crippen LogP contribution in [0.5, 0.6) is 0 Å². The van der Waals surface area contributed by atoms with Crippen LogP contribution < -0.4 is 5.32 Å². The van der Waals surface area contributed by atoms with Crippen LogP contribution in [0, 0.1) is 5.82 Å². The van der Waals surface area contributed by atoms with Gasteiger partial charge in [0.2, 0.25) is 0 Å². The van der Waals surface area contributed by atoms with Gasteiger partial charge in [-0.2, -0.15) is 0 Å². The molecule has 0 unspecified atom stereocenters. The molecule has 4 rings (SSSR count). The van der Waals surface area contributed by atoms with E-state index in [1.165, 1.54) is 23.3 Å². The molecule has 0 saturated heterocycles. The fraction of sp³-hybridized carbons (Fsp3) is 0.143. The number of fused-ring (bicyclic) bond motifs is 1. The Morgan fingerprint density at radius 3 is 2.70 bits per heavy atom. The number of benzene rings is 2. The van der Waals surface area contributed by atoms with E-state index < -0.39 is 5.82 Å². The Bertz CT molecular complexity index is 1010. The Morgan fingerprint density at radius 1 is 1.07 bits per heavy atom. The van der Waals surface area contributed by atoms with Gasteiger partial charge in [-0.15, -0.1) is 0 Å². The number of halogens is 2. The van der Waals surface area contributed by atoms with Gasteiger partial charge in [0.15, 0.2) is 0 Å². The van der Waals surface area contributed by atoms with Crippen LogP contribution in [0.3, 0.4) is 0 Å². The highest BCUT2D eigenvalue weighted by molar-refractivity contribution is 6.31. The van der Waals surface area contributed by atoms with E-state index in [9.17, 15) is 9.18 Å². The summed E-state index contributed by atoms with van der Waals surface area (Å²) in [5.41, 5.74) is 4.25. The molecule has 0 aliphatic carbocycles. The van der Waals surface area contributed by atoms with Crippen molar-refractivity contribution in [3.05, 3.63) is 88.5 Å². The minimum atomic E-state index is -0.477. The first kappa shape index (κ1) is 17.5. The number of hydrogen-bond acceptors (Lipinski definition) is 3. The maximum Gasteiger partial charge on any atom is 0.255 e. The summed E-state index contributed by atoms with van der Waals surface area (Å²) in [6.45, 7) is 1.28. The topological polar surface area (TPSA) is 45.2 Å². The molecule has 1 aliphatic rings. The molecule has 1 aromatic heterocycles. The van der Waals surface area contributed by atoms with E-state index >= 15 is 0 Å². The van der Waals surface area contributed by atoms with Gasteiger partial charge < -0.3 is 10.2 Å². The highest BCUT2D eigenvalue weighted by Crippen LogP contribution is 2.24. The third-order valence-corrected chi connectivity index (χ3v) is 4.90. The second kappa shape index (κ2) is 7.37. The highest BCUT2D eigenvalue weighted by Gasteiger charge is 2.22. The summed E-state index contributed by atoms with van der Waals surface area (Å²) in [6, 6.07) is 14.3. The lowest BCUT2D eigenvalue weighted by Gasteiger charge is -2.29. The Morgan fingerprint density at radius 2 is 1.89 bits per heavy atom. The van der Waals surface area contributed by atoms with Crippen LogP contribution in [0.15, 0.2) is 60.9 Å². The van der Waals surface area contributed by atoms with Crippen LogP contribution in [-0.4, -0.2) is 22.3 Å². The van der Waals surface area contributed by atoms with Crippen molar-refractivity contribution in [3.8, 4) is 0 Å². The Kier molecular flexibility index (Phi) is 4.77. The van der Waals surface area contributed by atoms with Crippen LogP contribution >= 0.6 is 11.6 Å². The molecule has 0 bridgehead atoms. The number of carbonyl (C=O) groups excluding carboxylic acids is 1. The number of rotatable bonds is 3. The van der Waals surface area contributed by atoms with Crippen LogP contribution in [-0.2, 0) is 13.0 Å². The largest absolute Gasteiger partial charge is 0.354 e. The highest BCUT2D eigenvalue weighted by atomic mass is 35.5. The standard InChI is InChI=1S/C21H17ClFN3O/c22-19-10-17(5-6-20(19)23)25-18-9-16(11-24-12-18)21(27)26-8-7-14-3-1-2-4-15(14)13-26/h1-6,9-12,25H,7-8,13H2. The third-order valence-electron chi connectivity index (χ3n) is 4.61. The van der Waals surface area contributed by atoms with Crippen LogP contribution in [0.2, 0.25) is 5.02 Å². The van der Waals surface area contributed by atoms with E-state index in [0.29, 0.717) is 30.0 Å². The second-order valence-corrected chi connectivity index (χ2v) is 6.87. The molecule has 6 heteroatoms. The van der Waals surface area contributed by atoms with Gasteiger partial charge in [0.25, 0.3) is 5.91 Å². The van der Waals surface area contributed by atoms with Crippen LogP contribution in [0.25, 0.3) is 0 Å². The molecule has 4 nitrogen and oxygen atoms in total. The van der Waals surface area contributed by atoms with Crippen LogP contribution in [0.1, 0.15) is 21.5 Å². The molecule has 0 saturated carbocycles. The summed E-state index contributed by atoms with van der Waals surface area (Å²) >= 11 is 5.81. The summed E-state index contributed by atoms with van der Waals surface area (Å²) in [4.78, 5) is 18.9.